The Hall–Kier alpha value is -2.23. The highest BCUT2D eigenvalue weighted by atomic mass is 19.1. The Morgan fingerprint density at radius 2 is 1.88 bits per heavy atom. The molecule has 4 heteroatoms. The number of halogens is 1. The van der Waals surface area contributed by atoms with Gasteiger partial charge in [0.15, 0.2) is 12.1 Å². The number of pyridine rings is 1. The zero-order valence-corrected chi connectivity index (χ0v) is 8.26. The van der Waals surface area contributed by atoms with Crippen LogP contribution in [-0.2, 0) is 0 Å². The Labute approximate surface area is 91.5 Å². The van der Waals surface area contributed by atoms with Crippen molar-refractivity contribution in [1.29, 1.82) is 0 Å². The molecule has 0 saturated heterocycles. The number of hydrogen-bond acceptors (Lipinski definition) is 3. The molecule has 0 amide bonds. The minimum atomic E-state index is -0.602. The largest absolute Gasteiger partial charge is 0.436 e. The van der Waals surface area contributed by atoms with Crippen LogP contribution < -0.4 is 4.74 Å². The van der Waals surface area contributed by atoms with Crippen LogP contribution in [0.3, 0.4) is 0 Å². The Balaban J connectivity index is 2.30. The van der Waals surface area contributed by atoms with Gasteiger partial charge in [-0.1, -0.05) is 18.2 Å². The molecule has 0 spiro atoms. The molecule has 0 aliphatic carbocycles. The summed E-state index contributed by atoms with van der Waals surface area (Å²) in [7, 11) is 0. The van der Waals surface area contributed by atoms with Crippen LogP contribution >= 0.6 is 0 Å². The third-order valence-electron chi connectivity index (χ3n) is 1.91. The second kappa shape index (κ2) is 4.53. The monoisotopic (exact) mass is 217 g/mol. The second-order valence-corrected chi connectivity index (χ2v) is 3.06. The van der Waals surface area contributed by atoms with Gasteiger partial charge in [-0.15, -0.1) is 0 Å². The van der Waals surface area contributed by atoms with Gasteiger partial charge in [0, 0.05) is 0 Å². The minimum absolute atomic E-state index is 0.132. The van der Waals surface area contributed by atoms with Gasteiger partial charge in [0.05, 0.1) is 0 Å². The van der Waals surface area contributed by atoms with E-state index in [1.807, 2.05) is 6.07 Å². The molecule has 0 N–H and O–H groups in total. The maximum absolute atomic E-state index is 13.3. The van der Waals surface area contributed by atoms with Crippen LogP contribution in [0.25, 0.3) is 0 Å². The van der Waals surface area contributed by atoms with Gasteiger partial charge in [0.1, 0.15) is 11.4 Å². The number of nitrogens with zero attached hydrogens (tertiary/aromatic N) is 1. The third-order valence-corrected chi connectivity index (χ3v) is 1.91. The van der Waals surface area contributed by atoms with Crippen LogP contribution in [0.5, 0.6) is 11.6 Å². The van der Waals surface area contributed by atoms with Crippen molar-refractivity contribution < 1.29 is 13.9 Å². The molecule has 3 nitrogen and oxygen atoms in total. The first-order valence-corrected chi connectivity index (χ1v) is 4.64. The minimum Gasteiger partial charge on any atom is -0.436 e. The van der Waals surface area contributed by atoms with E-state index in [0.29, 0.717) is 12.0 Å². The lowest BCUT2D eigenvalue weighted by atomic mass is 10.3. The number of aromatic nitrogens is 1. The maximum Gasteiger partial charge on any atom is 0.256 e. The molecule has 1 aromatic carbocycles. The van der Waals surface area contributed by atoms with E-state index in [4.69, 9.17) is 4.74 Å². The summed E-state index contributed by atoms with van der Waals surface area (Å²) >= 11 is 0. The average Bonchev–Trinajstić information content (AvgIpc) is 2.33. The number of aldehydes is 1. The molecule has 1 heterocycles. The van der Waals surface area contributed by atoms with Gasteiger partial charge in [-0.3, -0.25) is 4.79 Å². The molecule has 80 valence electrons. The Kier molecular flexibility index (Phi) is 2.91. The Morgan fingerprint density at radius 3 is 2.56 bits per heavy atom. The van der Waals surface area contributed by atoms with E-state index >= 15 is 0 Å². The van der Waals surface area contributed by atoms with Crippen molar-refractivity contribution in [1.82, 2.24) is 4.98 Å². The van der Waals surface area contributed by atoms with E-state index in [9.17, 15) is 9.18 Å². The van der Waals surface area contributed by atoms with Gasteiger partial charge in [0.25, 0.3) is 5.88 Å². The van der Waals surface area contributed by atoms with E-state index in [-0.39, 0.29) is 11.6 Å². The van der Waals surface area contributed by atoms with Crippen molar-refractivity contribution in [2.45, 2.75) is 0 Å². The number of rotatable bonds is 3. The van der Waals surface area contributed by atoms with Gasteiger partial charge in [-0.25, -0.2) is 9.37 Å². The molecule has 0 aliphatic rings. The molecule has 16 heavy (non-hydrogen) atoms. The van der Waals surface area contributed by atoms with Crippen LogP contribution in [0.4, 0.5) is 4.39 Å². The summed E-state index contributed by atoms with van der Waals surface area (Å²) in [6, 6.07) is 11.1. The van der Waals surface area contributed by atoms with E-state index < -0.39 is 5.82 Å². The molecular weight excluding hydrogens is 209 g/mol. The van der Waals surface area contributed by atoms with Crippen LogP contribution in [0.1, 0.15) is 10.5 Å². The molecule has 2 rings (SSSR count). The number of benzene rings is 1. The van der Waals surface area contributed by atoms with E-state index in [2.05, 4.69) is 4.98 Å². The van der Waals surface area contributed by atoms with Gasteiger partial charge >= 0.3 is 0 Å². The summed E-state index contributed by atoms with van der Waals surface area (Å²) in [4.78, 5) is 14.2. The van der Waals surface area contributed by atoms with Gasteiger partial charge in [0.2, 0.25) is 0 Å². The zero-order valence-electron chi connectivity index (χ0n) is 8.26. The van der Waals surface area contributed by atoms with Crippen molar-refractivity contribution in [3.05, 3.63) is 54.0 Å². The lowest BCUT2D eigenvalue weighted by molar-refractivity contribution is 0.111. The van der Waals surface area contributed by atoms with Crippen molar-refractivity contribution in [2.24, 2.45) is 0 Å². The molecule has 0 atom stereocenters. The smallest absolute Gasteiger partial charge is 0.256 e. The maximum atomic E-state index is 13.3. The zero-order chi connectivity index (χ0) is 11.4. The molecule has 0 saturated carbocycles. The lowest BCUT2D eigenvalue weighted by Crippen LogP contribution is -1.95. The Morgan fingerprint density at radius 1 is 1.12 bits per heavy atom. The van der Waals surface area contributed by atoms with Crippen LogP contribution in [0, 0.1) is 5.82 Å². The summed E-state index contributed by atoms with van der Waals surface area (Å²) in [5.74, 6) is -0.331. The normalized spacial score (nSPS) is 9.81. The molecule has 0 aliphatic heterocycles. The average molecular weight is 217 g/mol. The van der Waals surface area contributed by atoms with E-state index in [1.165, 1.54) is 6.07 Å². The molecule has 0 unspecified atom stereocenters. The van der Waals surface area contributed by atoms with Crippen LogP contribution in [0.15, 0.2) is 42.5 Å². The standard InChI is InChI=1S/C12H8FNO2/c13-11-7-6-9(8-15)14-12(11)16-10-4-2-1-3-5-10/h1-8H. The lowest BCUT2D eigenvalue weighted by Gasteiger charge is -2.05. The molecule has 0 radical (unpaired) electrons. The van der Waals surface area contributed by atoms with E-state index in [0.717, 1.165) is 6.07 Å². The number of carbonyl (C=O) groups excluding carboxylic acids is 1. The quantitative estimate of drug-likeness (QED) is 0.742. The number of ether oxygens (including phenoxy) is 1. The summed E-state index contributed by atoms with van der Waals surface area (Å²) in [5.41, 5.74) is 0.132. The summed E-state index contributed by atoms with van der Waals surface area (Å²) in [6.07, 6.45) is 0.539. The first-order valence-electron chi connectivity index (χ1n) is 4.64. The van der Waals surface area contributed by atoms with Crippen molar-refractivity contribution >= 4 is 6.29 Å². The predicted octanol–water partition coefficient (Wildman–Crippen LogP) is 2.83. The van der Waals surface area contributed by atoms with Crippen molar-refractivity contribution in [3.8, 4) is 11.6 Å². The van der Waals surface area contributed by atoms with E-state index in [1.54, 1.807) is 24.3 Å². The first kappa shape index (κ1) is 10.3. The Bertz CT molecular complexity index is 500. The highest BCUT2D eigenvalue weighted by Gasteiger charge is 2.07. The predicted molar refractivity (Wildman–Crippen MR) is 56.1 cm³/mol. The fourth-order valence-electron chi connectivity index (χ4n) is 1.18. The highest BCUT2D eigenvalue weighted by molar-refractivity contribution is 5.71. The van der Waals surface area contributed by atoms with Crippen molar-refractivity contribution in [2.75, 3.05) is 0 Å². The molecular formula is C12H8FNO2. The van der Waals surface area contributed by atoms with Gasteiger partial charge in [-0.05, 0) is 24.3 Å². The topological polar surface area (TPSA) is 39.2 Å². The first-order chi connectivity index (χ1) is 7.79. The fraction of sp³-hybridized carbons (Fsp3) is 0. The summed E-state index contributed by atoms with van der Waals surface area (Å²) < 4.78 is 18.5. The summed E-state index contributed by atoms with van der Waals surface area (Å²) in [5, 5.41) is 0. The highest BCUT2D eigenvalue weighted by Crippen LogP contribution is 2.21. The third kappa shape index (κ3) is 2.23. The second-order valence-electron chi connectivity index (χ2n) is 3.06. The SMILES string of the molecule is O=Cc1ccc(F)c(Oc2ccccc2)n1. The number of para-hydroxylation sites is 1. The van der Waals surface area contributed by atoms with Crippen LogP contribution in [-0.4, -0.2) is 11.3 Å². The van der Waals surface area contributed by atoms with Crippen molar-refractivity contribution in [3.63, 3.8) is 0 Å². The van der Waals surface area contributed by atoms with Gasteiger partial charge in [-0.2, -0.15) is 0 Å². The molecule has 0 fully saturated rings. The number of carbonyl (C=O) groups is 1. The van der Waals surface area contributed by atoms with Gasteiger partial charge < -0.3 is 4.74 Å². The molecule has 2 aromatic rings. The molecule has 1 aromatic heterocycles. The fourth-order valence-corrected chi connectivity index (χ4v) is 1.18. The summed E-state index contributed by atoms with van der Waals surface area (Å²) in [6.45, 7) is 0. The molecule has 0 bridgehead atoms. The van der Waals surface area contributed by atoms with Crippen LogP contribution in [0.2, 0.25) is 0 Å². The number of hydrogen-bond donors (Lipinski definition) is 0.